The van der Waals surface area contributed by atoms with Crippen LogP contribution in [0.2, 0.25) is 5.02 Å². The lowest BCUT2D eigenvalue weighted by atomic mass is 9.97. The molecule has 4 aromatic rings. The molecule has 0 spiro atoms. The second-order valence-electron chi connectivity index (χ2n) is 9.01. The summed E-state index contributed by atoms with van der Waals surface area (Å²) in [5.41, 5.74) is 6.37. The van der Waals surface area contributed by atoms with Gasteiger partial charge in [0.05, 0.1) is 28.5 Å². The first-order valence-electron chi connectivity index (χ1n) is 9.91. The maximum Gasteiger partial charge on any atom is 0.293 e. The van der Waals surface area contributed by atoms with Crippen LogP contribution >= 0.6 is 11.6 Å². The van der Waals surface area contributed by atoms with Gasteiger partial charge < -0.3 is 15.0 Å². The SMILES string of the molecule is CC(C)(C)Cn1cc2c(n1)CN(c1ccc(-c3nc4nc(O)[nH]c4cc3Cl)cc1)C2. The fraction of sp³-hybridized carbons (Fsp3) is 0.318. The van der Waals surface area contributed by atoms with Gasteiger partial charge in [-0.15, -0.1) is 0 Å². The second-order valence-corrected chi connectivity index (χ2v) is 9.42. The van der Waals surface area contributed by atoms with Gasteiger partial charge in [-0.25, -0.2) is 4.98 Å². The molecule has 1 aromatic carbocycles. The van der Waals surface area contributed by atoms with E-state index in [2.05, 4.69) is 63.6 Å². The average Bonchev–Trinajstić information content (AvgIpc) is 3.31. The molecule has 0 bridgehead atoms. The quantitative estimate of drug-likeness (QED) is 0.498. The summed E-state index contributed by atoms with van der Waals surface area (Å²) in [6.45, 7) is 9.25. The number of aromatic amines is 1. The highest BCUT2D eigenvalue weighted by molar-refractivity contribution is 6.33. The van der Waals surface area contributed by atoms with Gasteiger partial charge in [-0.3, -0.25) is 4.68 Å². The molecule has 5 rings (SSSR count). The Morgan fingerprint density at radius 3 is 2.60 bits per heavy atom. The molecule has 3 aromatic heterocycles. The third kappa shape index (κ3) is 3.50. The Morgan fingerprint density at radius 1 is 1.13 bits per heavy atom. The van der Waals surface area contributed by atoms with Gasteiger partial charge in [-0.1, -0.05) is 44.5 Å². The van der Waals surface area contributed by atoms with Crippen molar-refractivity contribution in [1.29, 1.82) is 0 Å². The molecule has 1 aliphatic rings. The van der Waals surface area contributed by atoms with Crippen LogP contribution in [0.15, 0.2) is 36.5 Å². The Kier molecular flexibility index (Phi) is 4.25. The van der Waals surface area contributed by atoms with E-state index in [1.165, 1.54) is 5.56 Å². The lowest BCUT2D eigenvalue weighted by Gasteiger charge is -2.20. The number of anilines is 1. The number of halogens is 1. The molecular weight excluding hydrogens is 400 g/mol. The number of aromatic hydroxyl groups is 1. The van der Waals surface area contributed by atoms with E-state index >= 15 is 0 Å². The molecule has 8 heteroatoms. The van der Waals surface area contributed by atoms with Crippen LogP contribution in [0.3, 0.4) is 0 Å². The normalized spacial score (nSPS) is 13.9. The van der Waals surface area contributed by atoms with E-state index < -0.39 is 0 Å². The molecule has 4 heterocycles. The van der Waals surface area contributed by atoms with Crippen molar-refractivity contribution in [2.45, 2.75) is 40.4 Å². The summed E-state index contributed by atoms with van der Waals surface area (Å²) in [5, 5.41) is 14.8. The Balaban J connectivity index is 1.35. The van der Waals surface area contributed by atoms with Gasteiger partial charge in [0, 0.05) is 36.1 Å². The summed E-state index contributed by atoms with van der Waals surface area (Å²) >= 11 is 6.41. The third-order valence-electron chi connectivity index (χ3n) is 5.18. The number of benzene rings is 1. The maximum atomic E-state index is 9.53. The van der Waals surface area contributed by atoms with Crippen molar-refractivity contribution < 1.29 is 5.11 Å². The van der Waals surface area contributed by atoms with Crippen LogP contribution < -0.4 is 4.90 Å². The predicted octanol–water partition coefficient (Wildman–Crippen LogP) is 4.75. The lowest BCUT2D eigenvalue weighted by Crippen LogP contribution is -2.19. The van der Waals surface area contributed by atoms with Crippen molar-refractivity contribution in [3.05, 3.63) is 52.8 Å². The predicted molar refractivity (Wildman–Crippen MR) is 118 cm³/mol. The zero-order valence-corrected chi connectivity index (χ0v) is 17.9. The van der Waals surface area contributed by atoms with Gasteiger partial charge in [0.2, 0.25) is 0 Å². The maximum absolute atomic E-state index is 9.53. The van der Waals surface area contributed by atoms with Gasteiger partial charge >= 0.3 is 0 Å². The fourth-order valence-corrected chi connectivity index (χ4v) is 4.16. The van der Waals surface area contributed by atoms with Crippen molar-refractivity contribution in [1.82, 2.24) is 24.7 Å². The minimum Gasteiger partial charge on any atom is -0.480 e. The molecule has 30 heavy (non-hydrogen) atoms. The summed E-state index contributed by atoms with van der Waals surface area (Å²) in [6.07, 6.45) is 2.17. The summed E-state index contributed by atoms with van der Waals surface area (Å²) < 4.78 is 2.07. The number of fused-ring (bicyclic) bond motifs is 2. The molecule has 0 radical (unpaired) electrons. The molecule has 2 N–H and O–H groups in total. The van der Waals surface area contributed by atoms with Gasteiger partial charge in [0.1, 0.15) is 0 Å². The van der Waals surface area contributed by atoms with Crippen LogP contribution in [-0.4, -0.2) is 29.8 Å². The van der Waals surface area contributed by atoms with Gasteiger partial charge in [0.15, 0.2) is 5.65 Å². The number of pyridine rings is 1. The number of rotatable bonds is 3. The highest BCUT2D eigenvalue weighted by Gasteiger charge is 2.24. The number of hydrogen-bond donors (Lipinski definition) is 2. The lowest BCUT2D eigenvalue weighted by molar-refractivity contribution is 0.324. The van der Waals surface area contributed by atoms with Gasteiger partial charge in [-0.2, -0.15) is 10.1 Å². The molecule has 154 valence electrons. The summed E-state index contributed by atoms with van der Waals surface area (Å²) in [4.78, 5) is 13.5. The molecule has 0 amide bonds. The molecule has 0 saturated carbocycles. The van der Waals surface area contributed by atoms with E-state index in [1.54, 1.807) is 6.07 Å². The average molecular weight is 423 g/mol. The second kappa shape index (κ2) is 6.74. The highest BCUT2D eigenvalue weighted by Crippen LogP contribution is 2.33. The smallest absolute Gasteiger partial charge is 0.293 e. The molecule has 0 fully saturated rings. The minimum atomic E-state index is -0.168. The number of nitrogens with one attached hydrogen (secondary N) is 1. The van der Waals surface area contributed by atoms with Crippen molar-refractivity contribution in [2.75, 3.05) is 4.90 Å². The van der Waals surface area contributed by atoms with Crippen LogP contribution in [0.25, 0.3) is 22.4 Å². The molecule has 0 saturated heterocycles. The topological polar surface area (TPSA) is 82.9 Å². The van der Waals surface area contributed by atoms with Crippen LogP contribution in [0, 0.1) is 5.41 Å². The first kappa shape index (κ1) is 18.9. The number of hydrogen-bond acceptors (Lipinski definition) is 5. The van der Waals surface area contributed by atoms with Crippen LogP contribution in [-0.2, 0) is 19.6 Å². The largest absolute Gasteiger partial charge is 0.480 e. The van der Waals surface area contributed by atoms with E-state index in [1.807, 2.05) is 12.1 Å². The zero-order chi connectivity index (χ0) is 21.0. The van der Waals surface area contributed by atoms with Gasteiger partial charge in [-0.05, 0) is 23.6 Å². The summed E-state index contributed by atoms with van der Waals surface area (Å²) in [7, 11) is 0. The number of nitrogens with zero attached hydrogens (tertiary/aromatic N) is 5. The Hall–Kier alpha value is -3.06. The summed E-state index contributed by atoms with van der Waals surface area (Å²) in [5.74, 6) is 0. The van der Waals surface area contributed by atoms with E-state index in [9.17, 15) is 5.11 Å². The number of H-pyrrole nitrogens is 1. The van der Waals surface area contributed by atoms with E-state index in [0.717, 1.165) is 36.6 Å². The van der Waals surface area contributed by atoms with E-state index in [-0.39, 0.29) is 11.4 Å². The Bertz CT molecular complexity index is 1210. The van der Waals surface area contributed by atoms with E-state index in [4.69, 9.17) is 16.7 Å². The van der Waals surface area contributed by atoms with Crippen LogP contribution in [0.5, 0.6) is 6.01 Å². The van der Waals surface area contributed by atoms with Crippen molar-refractivity contribution in [3.8, 4) is 17.3 Å². The molecule has 7 nitrogen and oxygen atoms in total. The standard InChI is InChI=1S/C22H23ClN6O/c1-22(2,3)12-29-10-14-9-28(11-18(14)27-29)15-6-4-13(5-7-15)19-16(23)8-17-20(25-19)26-21(30)24-17/h4-8,10H,9,11-12H2,1-3H3,(H2,24,25,26,30). The Morgan fingerprint density at radius 2 is 1.90 bits per heavy atom. The van der Waals surface area contributed by atoms with Crippen molar-refractivity contribution in [2.24, 2.45) is 5.41 Å². The first-order valence-corrected chi connectivity index (χ1v) is 10.3. The van der Waals surface area contributed by atoms with Crippen LogP contribution in [0.1, 0.15) is 32.0 Å². The highest BCUT2D eigenvalue weighted by atomic mass is 35.5. The molecule has 1 aliphatic heterocycles. The molecule has 0 unspecified atom stereocenters. The number of imidazole rings is 1. The summed E-state index contributed by atoms with van der Waals surface area (Å²) in [6, 6.07) is 9.74. The molecule has 0 aliphatic carbocycles. The van der Waals surface area contributed by atoms with Crippen molar-refractivity contribution in [3.63, 3.8) is 0 Å². The molecule has 0 atom stereocenters. The molecular formula is C22H23ClN6O. The fourth-order valence-electron chi connectivity index (χ4n) is 3.90. The van der Waals surface area contributed by atoms with Crippen LogP contribution in [0.4, 0.5) is 5.69 Å². The number of aromatic nitrogens is 5. The minimum absolute atomic E-state index is 0.168. The third-order valence-corrected chi connectivity index (χ3v) is 5.47. The zero-order valence-electron chi connectivity index (χ0n) is 17.1. The van der Waals surface area contributed by atoms with Gasteiger partial charge in [0.25, 0.3) is 6.01 Å². The Labute approximate surface area is 179 Å². The monoisotopic (exact) mass is 422 g/mol. The van der Waals surface area contributed by atoms with E-state index in [0.29, 0.717) is 21.9 Å². The van der Waals surface area contributed by atoms with Crippen molar-refractivity contribution >= 4 is 28.5 Å². The first-order chi connectivity index (χ1) is 14.2.